The van der Waals surface area contributed by atoms with Crippen LogP contribution in [0.25, 0.3) is 10.2 Å². The lowest BCUT2D eigenvalue weighted by molar-refractivity contribution is 0.0614. The molecule has 0 aliphatic carbocycles. The number of amides is 1. The van der Waals surface area contributed by atoms with Crippen molar-refractivity contribution in [3.8, 4) is 0 Å². The number of aromatic nitrogens is 3. The van der Waals surface area contributed by atoms with Crippen molar-refractivity contribution in [3.05, 3.63) is 47.2 Å². The Labute approximate surface area is 157 Å². The van der Waals surface area contributed by atoms with Gasteiger partial charge in [0.15, 0.2) is 0 Å². The van der Waals surface area contributed by atoms with E-state index >= 15 is 0 Å². The van der Waals surface area contributed by atoms with Crippen LogP contribution in [-0.2, 0) is 6.54 Å². The lowest BCUT2D eigenvalue weighted by atomic mass is 10.2. The van der Waals surface area contributed by atoms with Gasteiger partial charge in [0, 0.05) is 38.4 Å². The summed E-state index contributed by atoms with van der Waals surface area (Å²) in [6.45, 7) is 8.17. The molecule has 1 amide bonds. The highest BCUT2D eigenvalue weighted by atomic mass is 32.1. The van der Waals surface area contributed by atoms with Gasteiger partial charge in [0.1, 0.15) is 10.7 Å². The molecule has 0 bridgehead atoms. The van der Waals surface area contributed by atoms with Crippen LogP contribution in [0.2, 0.25) is 0 Å². The number of benzene rings is 1. The van der Waals surface area contributed by atoms with Gasteiger partial charge < -0.3 is 4.90 Å². The first-order valence-electron chi connectivity index (χ1n) is 9.01. The molecule has 1 aliphatic rings. The number of para-hydroxylation sites is 1. The second-order valence-corrected chi connectivity index (χ2v) is 8.01. The average molecular weight is 369 g/mol. The summed E-state index contributed by atoms with van der Waals surface area (Å²) in [6.07, 6.45) is 1.70. The summed E-state index contributed by atoms with van der Waals surface area (Å²) in [5.74, 6) is 0.0795. The second kappa shape index (κ2) is 7.17. The van der Waals surface area contributed by atoms with Gasteiger partial charge in [-0.15, -0.1) is 11.3 Å². The molecule has 0 N–H and O–H groups in total. The van der Waals surface area contributed by atoms with Crippen LogP contribution in [0.15, 0.2) is 36.5 Å². The minimum Gasteiger partial charge on any atom is -0.335 e. The molecule has 1 saturated heterocycles. The molecular formula is C19H23N5OS. The first-order chi connectivity index (χ1) is 12.6. The molecule has 0 saturated carbocycles. The monoisotopic (exact) mass is 369 g/mol. The predicted molar refractivity (Wildman–Crippen MR) is 103 cm³/mol. The highest BCUT2D eigenvalue weighted by Crippen LogP contribution is 2.23. The van der Waals surface area contributed by atoms with E-state index in [1.54, 1.807) is 22.2 Å². The summed E-state index contributed by atoms with van der Waals surface area (Å²) in [6, 6.07) is 10.3. The molecule has 0 unspecified atom stereocenters. The van der Waals surface area contributed by atoms with Gasteiger partial charge in [-0.1, -0.05) is 12.1 Å². The van der Waals surface area contributed by atoms with Gasteiger partial charge >= 0.3 is 0 Å². The molecule has 0 atom stereocenters. The highest BCUT2D eigenvalue weighted by molar-refractivity contribution is 7.18. The topological polar surface area (TPSA) is 54.3 Å². The number of hydrogen-bond donors (Lipinski definition) is 0. The number of piperazine rings is 1. The number of nitrogens with zero attached hydrogens (tertiary/aromatic N) is 5. The molecule has 136 valence electrons. The van der Waals surface area contributed by atoms with Crippen LogP contribution in [-0.4, -0.2) is 56.7 Å². The minimum atomic E-state index is 0.0795. The Morgan fingerprint density at radius 1 is 1.15 bits per heavy atom. The van der Waals surface area contributed by atoms with Crippen molar-refractivity contribution in [2.75, 3.05) is 26.2 Å². The van der Waals surface area contributed by atoms with Gasteiger partial charge in [-0.05, 0) is 32.0 Å². The molecule has 3 aromatic rings. The normalized spacial score (nSPS) is 15.9. The van der Waals surface area contributed by atoms with Crippen molar-refractivity contribution in [1.29, 1.82) is 0 Å². The van der Waals surface area contributed by atoms with E-state index in [0.717, 1.165) is 43.2 Å². The lowest BCUT2D eigenvalue weighted by Gasteiger charge is -2.34. The first-order valence-corrected chi connectivity index (χ1v) is 9.83. The maximum absolute atomic E-state index is 12.8. The van der Waals surface area contributed by atoms with Crippen LogP contribution in [0.1, 0.15) is 35.4 Å². The van der Waals surface area contributed by atoms with Crippen LogP contribution in [0.4, 0.5) is 0 Å². The van der Waals surface area contributed by atoms with E-state index in [-0.39, 0.29) is 11.9 Å². The van der Waals surface area contributed by atoms with Gasteiger partial charge in [0.05, 0.1) is 16.8 Å². The van der Waals surface area contributed by atoms with Gasteiger partial charge in [-0.25, -0.2) is 4.98 Å². The van der Waals surface area contributed by atoms with Crippen molar-refractivity contribution in [2.24, 2.45) is 0 Å². The van der Waals surface area contributed by atoms with Crippen LogP contribution in [0.5, 0.6) is 0 Å². The summed E-state index contributed by atoms with van der Waals surface area (Å²) in [5, 5.41) is 5.42. The number of rotatable bonds is 4. The Kier molecular flexibility index (Phi) is 4.74. The summed E-state index contributed by atoms with van der Waals surface area (Å²) in [5.41, 5.74) is 1.75. The number of thiazole rings is 1. The Balaban J connectivity index is 1.37. The largest absolute Gasteiger partial charge is 0.335 e. The molecule has 0 radical (unpaired) electrons. The van der Waals surface area contributed by atoms with E-state index in [9.17, 15) is 4.79 Å². The third kappa shape index (κ3) is 3.37. The molecule has 3 heterocycles. The third-order valence-corrected chi connectivity index (χ3v) is 5.76. The molecule has 7 heteroatoms. The van der Waals surface area contributed by atoms with Crippen LogP contribution in [0, 0.1) is 0 Å². The zero-order chi connectivity index (χ0) is 18.1. The molecule has 26 heavy (non-hydrogen) atoms. The standard InChI is InChI=1S/C19H23N5OS/c1-14(2)24-16(7-8-20-24)19(25)23-11-9-22(10-12-23)13-18-21-15-5-3-4-6-17(15)26-18/h3-8,14H,9-13H2,1-2H3. The van der Waals surface area contributed by atoms with Crippen LogP contribution >= 0.6 is 11.3 Å². The average Bonchev–Trinajstić information content (AvgIpc) is 3.28. The van der Waals surface area contributed by atoms with Crippen LogP contribution < -0.4 is 0 Å². The van der Waals surface area contributed by atoms with E-state index in [1.165, 1.54) is 4.70 Å². The lowest BCUT2D eigenvalue weighted by Crippen LogP contribution is -2.48. The number of fused-ring (bicyclic) bond motifs is 1. The zero-order valence-corrected chi connectivity index (χ0v) is 15.9. The minimum absolute atomic E-state index is 0.0795. The molecule has 1 aliphatic heterocycles. The Hall–Kier alpha value is -2.25. The predicted octanol–water partition coefficient (Wildman–Crippen LogP) is 3.03. The van der Waals surface area contributed by atoms with Crippen molar-refractivity contribution in [2.45, 2.75) is 26.4 Å². The molecule has 4 rings (SSSR count). The van der Waals surface area contributed by atoms with Crippen molar-refractivity contribution in [3.63, 3.8) is 0 Å². The van der Waals surface area contributed by atoms with Gasteiger partial charge in [0.25, 0.3) is 5.91 Å². The summed E-state index contributed by atoms with van der Waals surface area (Å²) < 4.78 is 3.04. The fourth-order valence-corrected chi connectivity index (χ4v) is 4.35. The SMILES string of the molecule is CC(C)n1nccc1C(=O)N1CCN(Cc2nc3ccccc3s2)CC1. The molecule has 1 fully saturated rings. The smallest absolute Gasteiger partial charge is 0.272 e. The number of hydrogen-bond acceptors (Lipinski definition) is 5. The zero-order valence-electron chi connectivity index (χ0n) is 15.1. The molecular weight excluding hydrogens is 346 g/mol. The van der Waals surface area contributed by atoms with Crippen molar-refractivity contribution in [1.82, 2.24) is 24.6 Å². The van der Waals surface area contributed by atoms with Crippen LogP contribution in [0.3, 0.4) is 0 Å². The fraction of sp³-hybridized carbons (Fsp3) is 0.421. The van der Waals surface area contributed by atoms with E-state index in [1.807, 2.05) is 30.9 Å². The van der Waals surface area contributed by atoms with E-state index in [4.69, 9.17) is 4.98 Å². The molecule has 0 spiro atoms. The van der Waals surface area contributed by atoms with E-state index < -0.39 is 0 Å². The van der Waals surface area contributed by atoms with E-state index in [0.29, 0.717) is 5.69 Å². The Bertz CT molecular complexity index is 874. The molecule has 2 aromatic heterocycles. The van der Waals surface area contributed by atoms with Crippen molar-refractivity contribution < 1.29 is 4.79 Å². The Morgan fingerprint density at radius 2 is 1.92 bits per heavy atom. The molecule has 1 aromatic carbocycles. The quantitative estimate of drug-likeness (QED) is 0.709. The number of carbonyl (C=O) groups is 1. The first kappa shape index (κ1) is 17.2. The highest BCUT2D eigenvalue weighted by Gasteiger charge is 2.25. The summed E-state index contributed by atoms with van der Waals surface area (Å²) >= 11 is 1.76. The number of carbonyl (C=O) groups excluding carboxylic acids is 1. The second-order valence-electron chi connectivity index (χ2n) is 6.90. The third-order valence-electron chi connectivity index (χ3n) is 4.74. The fourth-order valence-electron chi connectivity index (χ4n) is 3.35. The van der Waals surface area contributed by atoms with Gasteiger partial charge in [-0.2, -0.15) is 5.10 Å². The molecule has 6 nitrogen and oxygen atoms in total. The van der Waals surface area contributed by atoms with Gasteiger partial charge in [0.2, 0.25) is 0 Å². The van der Waals surface area contributed by atoms with Gasteiger partial charge in [-0.3, -0.25) is 14.4 Å². The maximum atomic E-state index is 12.8. The summed E-state index contributed by atoms with van der Waals surface area (Å²) in [7, 11) is 0. The summed E-state index contributed by atoms with van der Waals surface area (Å²) in [4.78, 5) is 21.8. The maximum Gasteiger partial charge on any atom is 0.272 e. The van der Waals surface area contributed by atoms with E-state index in [2.05, 4.69) is 28.2 Å². The Morgan fingerprint density at radius 3 is 2.65 bits per heavy atom. The van der Waals surface area contributed by atoms with Crippen molar-refractivity contribution >= 4 is 27.5 Å².